The van der Waals surface area contributed by atoms with Crippen LogP contribution < -0.4 is 10.2 Å². The Labute approximate surface area is 183 Å². The SMILES string of the molecule is O=C(Cn1cc([N+](=O)[O-])cn1)N/N=C/c1ccc(OCc2cccc3ccccc23)cc1. The monoisotopic (exact) mass is 429 g/mol. The Hall–Kier alpha value is -4.53. The highest BCUT2D eigenvalue weighted by Gasteiger charge is 2.10. The van der Waals surface area contributed by atoms with Crippen LogP contribution in [-0.4, -0.2) is 26.8 Å². The zero-order valence-electron chi connectivity index (χ0n) is 16.9. The summed E-state index contributed by atoms with van der Waals surface area (Å²) < 4.78 is 7.08. The van der Waals surface area contributed by atoms with Crippen LogP contribution in [0.4, 0.5) is 5.69 Å². The van der Waals surface area contributed by atoms with Crippen LogP contribution in [0.1, 0.15) is 11.1 Å². The van der Waals surface area contributed by atoms with E-state index in [1.54, 1.807) is 0 Å². The van der Waals surface area contributed by atoms with E-state index < -0.39 is 10.8 Å². The number of hydrogen-bond acceptors (Lipinski definition) is 6. The summed E-state index contributed by atoms with van der Waals surface area (Å²) in [6, 6.07) is 21.6. The van der Waals surface area contributed by atoms with Gasteiger partial charge in [0.05, 0.1) is 11.1 Å². The minimum atomic E-state index is -0.574. The molecule has 0 radical (unpaired) electrons. The number of carbonyl (C=O) groups is 1. The molecule has 0 bridgehead atoms. The minimum absolute atomic E-state index is 0.174. The van der Waals surface area contributed by atoms with Gasteiger partial charge in [0.15, 0.2) is 0 Å². The van der Waals surface area contributed by atoms with Crippen LogP contribution in [0, 0.1) is 10.1 Å². The fraction of sp³-hybridized carbons (Fsp3) is 0.0870. The highest BCUT2D eigenvalue weighted by atomic mass is 16.6. The van der Waals surface area contributed by atoms with Gasteiger partial charge in [0.2, 0.25) is 0 Å². The standard InChI is InChI=1S/C23H19N5O4/c29-23(15-27-14-20(13-25-27)28(30)31)26-24-12-17-8-10-21(11-9-17)32-16-19-6-3-5-18-4-1-2-7-22(18)19/h1-14H,15-16H2,(H,26,29)/b24-12+. The van der Waals surface area contributed by atoms with Crippen LogP contribution in [-0.2, 0) is 17.9 Å². The van der Waals surface area contributed by atoms with Gasteiger partial charge in [-0.2, -0.15) is 10.2 Å². The molecule has 0 unspecified atom stereocenters. The number of amides is 1. The van der Waals surface area contributed by atoms with Crippen LogP contribution in [0.3, 0.4) is 0 Å². The van der Waals surface area contributed by atoms with E-state index in [4.69, 9.17) is 4.74 Å². The zero-order valence-corrected chi connectivity index (χ0v) is 16.9. The first-order valence-electron chi connectivity index (χ1n) is 9.77. The molecule has 0 spiro atoms. The van der Waals surface area contributed by atoms with E-state index >= 15 is 0 Å². The van der Waals surface area contributed by atoms with Gasteiger partial charge in [-0.05, 0) is 46.2 Å². The van der Waals surface area contributed by atoms with Crippen LogP contribution in [0.5, 0.6) is 5.75 Å². The van der Waals surface area contributed by atoms with E-state index in [2.05, 4.69) is 33.8 Å². The molecule has 0 saturated carbocycles. The van der Waals surface area contributed by atoms with Crippen molar-refractivity contribution in [2.45, 2.75) is 13.2 Å². The molecule has 9 heteroatoms. The van der Waals surface area contributed by atoms with Crippen molar-refractivity contribution < 1.29 is 14.5 Å². The molecule has 32 heavy (non-hydrogen) atoms. The molecule has 9 nitrogen and oxygen atoms in total. The first-order valence-corrected chi connectivity index (χ1v) is 9.77. The third kappa shape index (κ3) is 5.14. The van der Waals surface area contributed by atoms with Crippen LogP contribution in [0.15, 0.2) is 84.2 Å². The van der Waals surface area contributed by atoms with Crippen molar-refractivity contribution in [3.8, 4) is 5.75 Å². The fourth-order valence-electron chi connectivity index (χ4n) is 3.12. The lowest BCUT2D eigenvalue weighted by Gasteiger charge is -2.09. The lowest BCUT2D eigenvalue weighted by molar-refractivity contribution is -0.385. The van der Waals surface area contributed by atoms with Crippen LogP contribution in [0.2, 0.25) is 0 Å². The van der Waals surface area contributed by atoms with E-state index in [0.29, 0.717) is 6.61 Å². The quantitative estimate of drug-likeness (QED) is 0.261. The maximum absolute atomic E-state index is 11.9. The summed E-state index contributed by atoms with van der Waals surface area (Å²) in [5.74, 6) is 0.272. The number of nitro groups is 1. The Balaban J connectivity index is 1.29. The van der Waals surface area contributed by atoms with Gasteiger partial charge in [0.1, 0.15) is 31.3 Å². The van der Waals surface area contributed by atoms with Gasteiger partial charge in [-0.25, -0.2) is 5.43 Å². The summed E-state index contributed by atoms with van der Waals surface area (Å²) in [5.41, 5.74) is 4.07. The van der Waals surface area contributed by atoms with Gasteiger partial charge >= 0.3 is 5.69 Å². The minimum Gasteiger partial charge on any atom is -0.489 e. The topological polar surface area (TPSA) is 112 Å². The molecule has 4 aromatic rings. The molecule has 1 amide bonds. The summed E-state index contributed by atoms with van der Waals surface area (Å²) in [4.78, 5) is 21.9. The Morgan fingerprint density at radius 1 is 1.12 bits per heavy atom. The molecule has 4 rings (SSSR count). The predicted octanol–water partition coefficient (Wildman–Crippen LogP) is 3.67. The molecule has 0 atom stereocenters. The van der Waals surface area contributed by atoms with Crippen molar-refractivity contribution in [3.05, 3.63) is 100 Å². The van der Waals surface area contributed by atoms with Gasteiger partial charge in [-0.1, -0.05) is 42.5 Å². The maximum Gasteiger partial charge on any atom is 0.307 e. The van der Waals surface area contributed by atoms with Crippen molar-refractivity contribution in [2.75, 3.05) is 0 Å². The normalized spacial score (nSPS) is 11.0. The molecular formula is C23H19N5O4. The van der Waals surface area contributed by atoms with Gasteiger partial charge in [0.25, 0.3) is 5.91 Å². The lowest BCUT2D eigenvalue weighted by atomic mass is 10.1. The molecule has 3 aromatic carbocycles. The van der Waals surface area contributed by atoms with E-state index in [1.807, 2.05) is 48.5 Å². The van der Waals surface area contributed by atoms with Crippen molar-refractivity contribution in [1.82, 2.24) is 15.2 Å². The zero-order chi connectivity index (χ0) is 22.3. The van der Waals surface area contributed by atoms with Crippen molar-refractivity contribution in [1.29, 1.82) is 0 Å². The molecule has 1 heterocycles. The summed E-state index contributed by atoms with van der Waals surface area (Å²) in [5, 5.41) is 20.6. The largest absolute Gasteiger partial charge is 0.489 e. The second-order valence-corrected chi connectivity index (χ2v) is 6.94. The molecule has 160 valence electrons. The predicted molar refractivity (Wildman–Crippen MR) is 119 cm³/mol. The number of hydrazone groups is 1. The summed E-state index contributed by atoms with van der Waals surface area (Å²) >= 11 is 0. The smallest absolute Gasteiger partial charge is 0.307 e. The third-order valence-corrected chi connectivity index (χ3v) is 4.69. The first-order chi connectivity index (χ1) is 15.6. The summed E-state index contributed by atoms with van der Waals surface area (Å²) in [7, 11) is 0. The average Bonchev–Trinajstić information content (AvgIpc) is 3.27. The Bertz CT molecular complexity index is 1280. The number of benzene rings is 3. The lowest BCUT2D eigenvalue weighted by Crippen LogP contribution is -2.23. The van der Waals surface area contributed by atoms with E-state index in [9.17, 15) is 14.9 Å². The van der Waals surface area contributed by atoms with Gasteiger partial charge in [-0.15, -0.1) is 0 Å². The van der Waals surface area contributed by atoms with Crippen molar-refractivity contribution in [3.63, 3.8) is 0 Å². The van der Waals surface area contributed by atoms with Crippen LogP contribution in [0.25, 0.3) is 10.8 Å². The Morgan fingerprint density at radius 2 is 1.91 bits per heavy atom. The summed E-state index contributed by atoms with van der Waals surface area (Å²) in [6.45, 7) is 0.280. The third-order valence-electron chi connectivity index (χ3n) is 4.69. The second kappa shape index (κ2) is 9.52. The fourth-order valence-corrected chi connectivity index (χ4v) is 3.12. The number of hydrogen-bond donors (Lipinski definition) is 1. The molecule has 0 aliphatic carbocycles. The van der Waals surface area contributed by atoms with Gasteiger partial charge in [0, 0.05) is 0 Å². The maximum atomic E-state index is 11.9. The number of nitrogens with zero attached hydrogens (tertiary/aromatic N) is 4. The highest BCUT2D eigenvalue weighted by molar-refractivity contribution is 5.85. The number of ether oxygens (including phenoxy) is 1. The van der Waals surface area contributed by atoms with E-state index in [-0.39, 0.29) is 12.2 Å². The number of nitrogens with one attached hydrogen (secondary N) is 1. The number of rotatable bonds is 8. The number of fused-ring (bicyclic) bond motifs is 1. The van der Waals surface area contributed by atoms with Crippen LogP contribution >= 0.6 is 0 Å². The first kappa shape index (κ1) is 20.7. The van der Waals surface area contributed by atoms with E-state index in [0.717, 1.165) is 23.1 Å². The molecule has 0 aliphatic heterocycles. The molecule has 0 aliphatic rings. The highest BCUT2D eigenvalue weighted by Crippen LogP contribution is 2.21. The summed E-state index contributed by atoms with van der Waals surface area (Å²) in [6.07, 6.45) is 3.76. The number of aromatic nitrogens is 2. The molecule has 0 fully saturated rings. The average molecular weight is 429 g/mol. The Morgan fingerprint density at radius 3 is 2.69 bits per heavy atom. The van der Waals surface area contributed by atoms with E-state index in [1.165, 1.54) is 27.9 Å². The Kier molecular flexibility index (Phi) is 6.17. The van der Waals surface area contributed by atoms with Crippen molar-refractivity contribution in [2.24, 2.45) is 5.10 Å². The van der Waals surface area contributed by atoms with Crippen molar-refractivity contribution >= 4 is 28.6 Å². The number of carbonyl (C=O) groups excluding carboxylic acids is 1. The molecule has 1 aromatic heterocycles. The molecule has 1 N–H and O–H groups in total. The second-order valence-electron chi connectivity index (χ2n) is 6.94. The molecule has 0 saturated heterocycles. The molecular weight excluding hydrogens is 410 g/mol. The van der Waals surface area contributed by atoms with Gasteiger partial charge in [-0.3, -0.25) is 19.6 Å². The van der Waals surface area contributed by atoms with Gasteiger partial charge < -0.3 is 4.74 Å².